The molecule has 7 heteroatoms. The summed E-state index contributed by atoms with van der Waals surface area (Å²) in [6.45, 7) is 22.5. The maximum atomic E-state index is 5.14. The summed E-state index contributed by atoms with van der Waals surface area (Å²) >= 11 is 0. The molecule has 0 spiro atoms. The van der Waals surface area contributed by atoms with E-state index in [0.717, 1.165) is 6.17 Å². The quantitative estimate of drug-likeness (QED) is 0.518. The Balaban J connectivity index is 4.93. The molecule has 1 unspecified atom stereocenters. The molecule has 0 aromatic rings. The Hall–Kier alpha value is 0.414. The molecule has 0 heterocycles. The molecule has 2 N–H and O–H groups in total. The molecule has 120 valence electrons. The predicted molar refractivity (Wildman–Crippen MR) is 99.6 cm³/mol. The largest absolute Gasteiger partial charge is 0.400 e. The summed E-state index contributed by atoms with van der Waals surface area (Å²) in [4.78, 5) is 0. The van der Waals surface area contributed by atoms with E-state index in [0.29, 0.717) is 6.04 Å². The van der Waals surface area contributed by atoms with Crippen LogP contribution in [0.5, 0.6) is 0 Å². The van der Waals surface area contributed by atoms with Crippen molar-refractivity contribution in [3.05, 3.63) is 5.09 Å². The lowest BCUT2D eigenvalue weighted by atomic mass is 10.1. The highest BCUT2D eigenvalue weighted by atomic mass is 31.1. The van der Waals surface area contributed by atoms with E-state index in [4.69, 9.17) is 9.50 Å². The number of nitrogens with one attached hydrogen (secondary N) is 2. The highest BCUT2D eigenvalue weighted by Gasteiger charge is 2.29. The van der Waals surface area contributed by atoms with Crippen molar-refractivity contribution in [1.82, 2.24) is 10.1 Å². The summed E-state index contributed by atoms with van der Waals surface area (Å²) in [5.74, 6) is 0. The highest BCUT2D eigenvalue weighted by Crippen LogP contribution is 2.35. The second-order valence-corrected chi connectivity index (χ2v) is 19.4. The minimum atomic E-state index is -1.63. The van der Waals surface area contributed by atoms with E-state index < -0.39 is 24.5 Å². The molecule has 0 aliphatic rings. The van der Waals surface area contributed by atoms with Crippen LogP contribution in [0.1, 0.15) is 34.6 Å². The highest BCUT2D eigenvalue weighted by molar-refractivity contribution is 7.52. The van der Waals surface area contributed by atoms with E-state index in [1.807, 2.05) is 0 Å². The van der Waals surface area contributed by atoms with Crippen molar-refractivity contribution in [2.75, 3.05) is 6.17 Å². The lowest BCUT2D eigenvalue weighted by Crippen LogP contribution is -2.47. The minimum Gasteiger partial charge on any atom is -0.400 e. The van der Waals surface area contributed by atoms with Gasteiger partial charge < -0.3 is 10.4 Å². The minimum absolute atomic E-state index is 0.157. The average Bonchev–Trinajstić information content (AvgIpc) is 2.08. The van der Waals surface area contributed by atoms with Gasteiger partial charge in [0.25, 0.3) is 0 Å². The first kappa shape index (κ1) is 20.4. The van der Waals surface area contributed by atoms with Crippen molar-refractivity contribution in [2.45, 2.75) is 78.9 Å². The normalized spacial score (nSPS) is 15.1. The third kappa shape index (κ3) is 12.2. The summed E-state index contributed by atoms with van der Waals surface area (Å²) in [7, 11) is -3.73. The fraction of sp³-hybridized carbons (Fsp3) is 1.00. The first-order chi connectivity index (χ1) is 8.70. The number of nitrogens with zero attached hydrogens (tertiary/aromatic N) is 2. The lowest BCUT2D eigenvalue weighted by Gasteiger charge is -2.27. The van der Waals surface area contributed by atoms with Crippen LogP contribution in [-0.2, 0) is 0 Å². The van der Waals surface area contributed by atoms with Gasteiger partial charge in [-0.25, -0.2) is 0 Å². The van der Waals surface area contributed by atoms with E-state index >= 15 is 0 Å². The van der Waals surface area contributed by atoms with Crippen LogP contribution in [0.15, 0.2) is 4.41 Å². The molecule has 0 saturated carbocycles. The Morgan fingerprint density at radius 3 is 1.95 bits per heavy atom. The second-order valence-electron chi connectivity index (χ2n) is 8.38. The molecule has 0 aromatic heterocycles. The summed E-state index contributed by atoms with van der Waals surface area (Å²) in [6, 6.07) is 0.342. The molecule has 0 bridgehead atoms. The van der Waals surface area contributed by atoms with E-state index in [-0.39, 0.29) is 5.54 Å². The van der Waals surface area contributed by atoms with Crippen molar-refractivity contribution < 1.29 is 0 Å². The fourth-order valence-corrected chi connectivity index (χ4v) is 8.59. The van der Waals surface area contributed by atoms with Crippen LogP contribution < -0.4 is 10.1 Å². The molecule has 0 aromatic carbocycles. The predicted octanol–water partition coefficient (Wildman–Crippen LogP) is 4.82. The van der Waals surface area contributed by atoms with E-state index in [1.54, 1.807) is 0 Å². The Morgan fingerprint density at radius 2 is 1.60 bits per heavy atom. The van der Waals surface area contributed by atoms with Crippen molar-refractivity contribution in [3.63, 3.8) is 0 Å². The van der Waals surface area contributed by atoms with Crippen molar-refractivity contribution in [3.8, 4) is 0 Å². The third-order valence-corrected chi connectivity index (χ3v) is 10.3. The Bertz CT molecular complexity index is 330. The van der Waals surface area contributed by atoms with Gasteiger partial charge in [-0.3, -0.25) is 0 Å². The summed E-state index contributed by atoms with van der Waals surface area (Å²) < 4.78 is 8.85. The van der Waals surface area contributed by atoms with Crippen molar-refractivity contribution >= 4 is 24.5 Å². The number of hydrogen-bond donors (Lipinski definition) is 2. The zero-order chi connectivity index (χ0) is 16.2. The van der Waals surface area contributed by atoms with Crippen molar-refractivity contribution in [1.29, 1.82) is 0 Å². The molecule has 0 radical (unpaired) electrons. The monoisotopic (exact) mass is 334 g/mol. The number of hydrogen-bond acceptors (Lipinski definition) is 2. The van der Waals surface area contributed by atoms with Gasteiger partial charge in [-0.05, 0) is 33.9 Å². The van der Waals surface area contributed by atoms with Crippen LogP contribution in [0.25, 0.3) is 5.09 Å². The van der Waals surface area contributed by atoms with Crippen LogP contribution >= 0.6 is 8.01 Å². The summed E-state index contributed by atoms with van der Waals surface area (Å²) in [5, 5.41) is 8.42. The molecule has 0 saturated heterocycles. The molecular formula is C13H35N4PSi2. The third-order valence-electron chi connectivity index (χ3n) is 2.19. The maximum Gasteiger partial charge on any atom is 0.247 e. The molecule has 4 nitrogen and oxygen atoms in total. The number of rotatable bonds is 7. The van der Waals surface area contributed by atoms with Gasteiger partial charge in [-0.1, -0.05) is 33.5 Å². The summed E-state index contributed by atoms with van der Waals surface area (Å²) in [6.07, 6.45) is 1.01. The van der Waals surface area contributed by atoms with Gasteiger partial charge in [0.1, 0.15) is 0 Å². The Kier molecular flexibility index (Phi) is 7.77. The van der Waals surface area contributed by atoms with Gasteiger partial charge in [-0.15, -0.1) is 6.04 Å². The van der Waals surface area contributed by atoms with E-state index in [2.05, 4.69) is 77.4 Å². The molecule has 0 rings (SSSR count). The van der Waals surface area contributed by atoms with Gasteiger partial charge in [0, 0.05) is 11.7 Å². The zero-order valence-corrected chi connectivity index (χ0v) is 18.0. The van der Waals surface area contributed by atoms with Gasteiger partial charge in [-0.2, -0.15) is 9.16 Å². The fourth-order valence-electron chi connectivity index (χ4n) is 1.37. The molecule has 0 fully saturated rings. The molecule has 0 amide bonds. The topological polar surface area (TPSA) is 50.5 Å². The second kappa shape index (κ2) is 7.61. The molecule has 20 heavy (non-hydrogen) atoms. The molecule has 0 aliphatic carbocycles. The Morgan fingerprint density at radius 1 is 1.10 bits per heavy atom. The van der Waals surface area contributed by atoms with Crippen LogP contribution in [-0.4, -0.2) is 34.2 Å². The molecule has 0 aliphatic heterocycles. The van der Waals surface area contributed by atoms with Crippen LogP contribution in [0.4, 0.5) is 0 Å². The van der Waals surface area contributed by atoms with E-state index in [1.165, 1.54) is 0 Å². The lowest BCUT2D eigenvalue weighted by molar-refractivity contribution is 0.455. The van der Waals surface area contributed by atoms with Crippen LogP contribution in [0.3, 0.4) is 0 Å². The van der Waals surface area contributed by atoms with Gasteiger partial charge in [0.05, 0.1) is 0 Å². The van der Waals surface area contributed by atoms with Crippen molar-refractivity contribution in [2.24, 2.45) is 4.41 Å². The Labute approximate surface area is 129 Å². The smallest absolute Gasteiger partial charge is 0.247 e. The van der Waals surface area contributed by atoms with Gasteiger partial charge in [0.2, 0.25) is 8.24 Å². The van der Waals surface area contributed by atoms with Gasteiger partial charge in [0.15, 0.2) is 16.3 Å². The zero-order valence-electron chi connectivity index (χ0n) is 15.1. The maximum absolute atomic E-state index is 5.14. The van der Waals surface area contributed by atoms with E-state index in [9.17, 15) is 0 Å². The van der Waals surface area contributed by atoms with Crippen LogP contribution in [0.2, 0.25) is 32.7 Å². The summed E-state index contributed by atoms with van der Waals surface area (Å²) in [5.41, 5.74) is 0.157. The molecule has 1 atom stereocenters. The van der Waals surface area contributed by atoms with Gasteiger partial charge >= 0.3 is 0 Å². The molecular weight excluding hydrogens is 299 g/mol. The average molecular weight is 335 g/mol. The first-order valence-electron chi connectivity index (χ1n) is 7.47. The van der Waals surface area contributed by atoms with Crippen LogP contribution in [0, 0.1) is 0 Å². The SMILES string of the molecule is CC(C)[N-][P+](=N[Si](C)(C)CNC(C)(C)C)N[Si](C)(C)C. The standard InChI is InChI=1S/C13H35N4PSi2/c1-12(2)15-18(16-19(6,7)8)17-20(9,10)11-14-13(3,4)5/h12,14H,11H2,1-10H3,(H,15,16,17). The first-order valence-corrected chi connectivity index (χ1v) is 15.4.